The van der Waals surface area contributed by atoms with Gasteiger partial charge in [-0.25, -0.2) is 9.37 Å². The van der Waals surface area contributed by atoms with Crippen LogP contribution in [-0.4, -0.2) is 22.4 Å². The molecule has 2 aromatic rings. The molecule has 0 aliphatic carbocycles. The minimum atomic E-state index is -0.263. The van der Waals surface area contributed by atoms with Crippen LogP contribution in [0.1, 0.15) is 11.3 Å². The highest BCUT2D eigenvalue weighted by Crippen LogP contribution is 2.23. The third kappa shape index (κ3) is 5.97. The Morgan fingerprint density at radius 3 is 2.83 bits per heavy atom. The third-order valence-electron chi connectivity index (χ3n) is 2.97. The van der Waals surface area contributed by atoms with Crippen molar-refractivity contribution in [3.8, 4) is 0 Å². The third-order valence-corrected chi connectivity index (χ3v) is 4.56. The average Bonchev–Trinajstić information content (AvgIpc) is 2.49. The standard InChI is InChI=1S/C16H17ClFN3S2/c1-11-4-2-7-15(20-11)21-16(22)19-8-9-23-10-12-13(17)5-3-6-14(12)18/h2-7H,8-10H2,1H3,(H2,19,20,21,22). The second-order valence-electron chi connectivity index (χ2n) is 4.80. The molecule has 2 rings (SSSR count). The Hall–Kier alpha value is -1.37. The van der Waals surface area contributed by atoms with Crippen LogP contribution in [0, 0.1) is 12.7 Å². The van der Waals surface area contributed by atoms with Gasteiger partial charge in [-0.1, -0.05) is 23.7 Å². The molecule has 0 amide bonds. The molecule has 0 fully saturated rings. The normalized spacial score (nSPS) is 10.4. The molecule has 0 unspecified atom stereocenters. The minimum Gasteiger partial charge on any atom is -0.362 e. The van der Waals surface area contributed by atoms with E-state index in [-0.39, 0.29) is 5.82 Å². The molecule has 3 nitrogen and oxygen atoms in total. The van der Waals surface area contributed by atoms with E-state index in [1.165, 1.54) is 6.07 Å². The van der Waals surface area contributed by atoms with Gasteiger partial charge in [0.25, 0.3) is 0 Å². The highest BCUT2D eigenvalue weighted by molar-refractivity contribution is 7.98. The molecule has 1 aromatic carbocycles. The van der Waals surface area contributed by atoms with Gasteiger partial charge in [-0.2, -0.15) is 11.8 Å². The molecular weight excluding hydrogens is 353 g/mol. The summed E-state index contributed by atoms with van der Waals surface area (Å²) in [5.41, 5.74) is 1.47. The number of nitrogens with zero attached hydrogens (tertiary/aromatic N) is 1. The molecule has 2 N–H and O–H groups in total. The smallest absolute Gasteiger partial charge is 0.171 e. The zero-order valence-corrected chi connectivity index (χ0v) is 15.0. The maximum absolute atomic E-state index is 13.6. The van der Waals surface area contributed by atoms with Crippen molar-refractivity contribution >= 4 is 46.5 Å². The SMILES string of the molecule is Cc1cccc(NC(=S)NCCSCc2c(F)cccc2Cl)n1. The van der Waals surface area contributed by atoms with Gasteiger partial charge >= 0.3 is 0 Å². The van der Waals surface area contributed by atoms with E-state index in [1.54, 1.807) is 23.9 Å². The van der Waals surface area contributed by atoms with Crippen molar-refractivity contribution in [3.63, 3.8) is 0 Å². The number of anilines is 1. The average molecular weight is 370 g/mol. The number of thioether (sulfide) groups is 1. The van der Waals surface area contributed by atoms with Crippen LogP contribution in [-0.2, 0) is 5.75 Å². The molecule has 1 heterocycles. The van der Waals surface area contributed by atoms with Crippen LogP contribution in [0.3, 0.4) is 0 Å². The van der Waals surface area contributed by atoms with E-state index in [0.29, 0.717) is 33.8 Å². The second-order valence-corrected chi connectivity index (χ2v) is 6.72. The Balaban J connectivity index is 1.68. The highest BCUT2D eigenvalue weighted by Gasteiger charge is 2.06. The van der Waals surface area contributed by atoms with E-state index < -0.39 is 0 Å². The van der Waals surface area contributed by atoms with Gasteiger partial charge in [0.05, 0.1) is 0 Å². The molecule has 0 radical (unpaired) electrons. The summed E-state index contributed by atoms with van der Waals surface area (Å²) in [6, 6.07) is 10.4. The zero-order valence-electron chi connectivity index (χ0n) is 12.6. The fourth-order valence-corrected chi connectivity index (χ4v) is 3.26. The van der Waals surface area contributed by atoms with Crippen molar-refractivity contribution in [1.82, 2.24) is 10.3 Å². The zero-order chi connectivity index (χ0) is 16.7. The van der Waals surface area contributed by atoms with Gasteiger partial charge < -0.3 is 10.6 Å². The maximum Gasteiger partial charge on any atom is 0.171 e. The monoisotopic (exact) mass is 369 g/mol. The van der Waals surface area contributed by atoms with Gasteiger partial charge in [0.15, 0.2) is 5.11 Å². The van der Waals surface area contributed by atoms with Gasteiger partial charge in [0, 0.05) is 34.3 Å². The van der Waals surface area contributed by atoms with Gasteiger partial charge in [-0.05, 0) is 43.4 Å². The number of hydrogen-bond acceptors (Lipinski definition) is 3. The van der Waals surface area contributed by atoms with Crippen LogP contribution < -0.4 is 10.6 Å². The molecule has 0 aliphatic rings. The minimum absolute atomic E-state index is 0.263. The first-order valence-corrected chi connectivity index (χ1v) is 8.99. The number of halogens is 2. The quantitative estimate of drug-likeness (QED) is 0.583. The summed E-state index contributed by atoms with van der Waals surface area (Å²) in [6.07, 6.45) is 0. The van der Waals surface area contributed by atoms with Gasteiger partial charge in [0.1, 0.15) is 11.6 Å². The summed E-state index contributed by atoms with van der Waals surface area (Å²) >= 11 is 12.8. The van der Waals surface area contributed by atoms with Crippen molar-refractivity contribution in [2.45, 2.75) is 12.7 Å². The number of rotatable bonds is 6. The summed E-state index contributed by atoms with van der Waals surface area (Å²) in [7, 11) is 0. The first-order chi connectivity index (χ1) is 11.1. The molecule has 0 atom stereocenters. The fraction of sp³-hybridized carbons (Fsp3) is 0.250. The predicted molar refractivity (Wildman–Crippen MR) is 101 cm³/mol. The first kappa shape index (κ1) is 18.0. The summed E-state index contributed by atoms with van der Waals surface area (Å²) in [5, 5.41) is 7.11. The van der Waals surface area contributed by atoms with Crippen molar-refractivity contribution < 1.29 is 4.39 Å². The maximum atomic E-state index is 13.6. The molecular formula is C16H17ClFN3S2. The van der Waals surface area contributed by atoms with E-state index in [9.17, 15) is 4.39 Å². The Labute approximate surface area is 150 Å². The van der Waals surface area contributed by atoms with E-state index in [0.717, 1.165) is 11.4 Å². The van der Waals surface area contributed by atoms with Crippen molar-refractivity contribution in [2.75, 3.05) is 17.6 Å². The van der Waals surface area contributed by atoms with Crippen LogP contribution >= 0.6 is 35.6 Å². The lowest BCUT2D eigenvalue weighted by atomic mass is 10.2. The van der Waals surface area contributed by atoms with Crippen LogP contribution in [0.4, 0.5) is 10.2 Å². The Morgan fingerprint density at radius 1 is 1.30 bits per heavy atom. The molecule has 122 valence electrons. The molecule has 0 spiro atoms. The molecule has 0 aliphatic heterocycles. The number of aromatic nitrogens is 1. The molecule has 0 saturated heterocycles. The summed E-state index contributed by atoms with van der Waals surface area (Å²) in [6.45, 7) is 2.60. The lowest BCUT2D eigenvalue weighted by molar-refractivity contribution is 0.617. The van der Waals surface area contributed by atoms with Crippen LogP contribution in [0.2, 0.25) is 5.02 Å². The van der Waals surface area contributed by atoms with Crippen LogP contribution in [0.15, 0.2) is 36.4 Å². The van der Waals surface area contributed by atoms with Gasteiger partial charge in [-0.15, -0.1) is 0 Å². The molecule has 0 saturated carbocycles. The Kier molecular flexibility index (Phi) is 7.08. The number of hydrogen-bond donors (Lipinski definition) is 2. The molecule has 0 bridgehead atoms. The van der Waals surface area contributed by atoms with Crippen LogP contribution in [0.5, 0.6) is 0 Å². The summed E-state index contributed by atoms with van der Waals surface area (Å²) in [4.78, 5) is 4.32. The van der Waals surface area contributed by atoms with Gasteiger partial charge in [0.2, 0.25) is 0 Å². The lowest BCUT2D eigenvalue weighted by Crippen LogP contribution is -2.30. The number of benzene rings is 1. The topological polar surface area (TPSA) is 37.0 Å². The Morgan fingerprint density at radius 2 is 2.09 bits per heavy atom. The van der Waals surface area contributed by atoms with Crippen molar-refractivity contribution in [2.24, 2.45) is 0 Å². The number of pyridine rings is 1. The number of thiocarbonyl (C=S) groups is 1. The number of nitrogens with one attached hydrogen (secondary N) is 2. The van der Waals surface area contributed by atoms with Crippen molar-refractivity contribution in [3.05, 3.63) is 58.5 Å². The van der Waals surface area contributed by atoms with E-state index in [1.807, 2.05) is 25.1 Å². The van der Waals surface area contributed by atoms with Gasteiger partial charge in [-0.3, -0.25) is 0 Å². The van der Waals surface area contributed by atoms with E-state index >= 15 is 0 Å². The fourth-order valence-electron chi connectivity index (χ4n) is 1.85. The van der Waals surface area contributed by atoms with Crippen LogP contribution in [0.25, 0.3) is 0 Å². The van der Waals surface area contributed by atoms with Crippen molar-refractivity contribution in [1.29, 1.82) is 0 Å². The molecule has 1 aromatic heterocycles. The predicted octanol–water partition coefficient (Wildman–Crippen LogP) is 4.40. The lowest BCUT2D eigenvalue weighted by Gasteiger charge is -2.10. The summed E-state index contributed by atoms with van der Waals surface area (Å²) in [5.74, 6) is 1.77. The molecule has 23 heavy (non-hydrogen) atoms. The highest BCUT2D eigenvalue weighted by atomic mass is 35.5. The number of aryl methyl sites for hydroxylation is 1. The molecule has 7 heteroatoms. The van der Waals surface area contributed by atoms with E-state index in [2.05, 4.69) is 15.6 Å². The Bertz CT molecular complexity index is 662. The first-order valence-electron chi connectivity index (χ1n) is 7.05. The summed E-state index contributed by atoms with van der Waals surface area (Å²) < 4.78 is 13.6. The van der Waals surface area contributed by atoms with E-state index in [4.69, 9.17) is 23.8 Å². The second kappa shape index (κ2) is 9.05. The largest absolute Gasteiger partial charge is 0.362 e.